The first-order valence-corrected chi connectivity index (χ1v) is 7.05. The first-order valence-electron chi connectivity index (χ1n) is 7.05. The zero-order valence-electron chi connectivity index (χ0n) is 12.6. The van der Waals surface area contributed by atoms with Crippen molar-refractivity contribution in [1.82, 2.24) is 10.6 Å². The van der Waals surface area contributed by atoms with Gasteiger partial charge in [0.1, 0.15) is 0 Å². The van der Waals surface area contributed by atoms with Crippen molar-refractivity contribution >= 4 is 29.9 Å². The van der Waals surface area contributed by atoms with Gasteiger partial charge in [0.15, 0.2) is 5.96 Å². The average Bonchev–Trinajstić information content (AvgIpc) is 2.93. The number of hydrogen-bond acceptors (Lipinski definition) is 3. The van der Waals surface area contributed by atoms with E-state index in [1.54, 1.807) is 7.11 Å². The molecular formula is C14H28IN3O2. The lowest BCUT2D eigenvalue weighted by atomic mass is 10.2. The molecule has 0 aromatic carbocycles. The first kappa shape index (κ1) is 19.7. The number of guanidine groups is 1. The van der Waals surface area contributed by atoms with Crippen LogP contribution in [-0.4, -0.2) is 52.5 Å². The quantitative estimate of drug-likeness (QED) is 0.205. The van der Waals surface area contributed by atoms with E-state index in [2.05, 4.69) is 27.8 Å². The number of aliphatic imine (C=N–C) groups is 1. The van der Waals surface area contributed by atoms with Gasteiger partial charge in [-0.2, -0.15) is 0 Å². The van der Waals surface area contributed by atoms with Crippen LogP contribution in [0.3, 0.4) is 0 Å². The molecule has 0 saturated carbocycles. The summed E-state index contributed by atoms with van der Waals surface area (Å²) >= 11 is 0. The zero-order valence-corrected chi connectivity index (χ0v) is 14.9. The smallest absolute Gasteiger partial charge is 0.191 e. The van der Waals surface area contributed by atoms with Crippen LogP contribution in [0.5, 0.6) is 0 Å². The second kappa shape index (κ2) is 13.6. The average molecular weight is 397 g/mol. The number of rotatable bonds is 9. The maximum Gasteiger partial charge on any atom is 0.191 e. The van der Waals surface area contributed by atoms with Crippen LogP contribution in [0.1, 0.15) is 25.7 Å². The van der Waals surface area contributed by atoms with Crippen LogP contribution in [0.2, 0.25) is 0 Å². The summed E-state index contributed by atoms with van der Waals surface area (Å²) < 4.78 is 10.3. The van der Waals surface area contributed by atoms with Gasteiger partial charge in [0.05, 0.1) is 13.2 Å². The summed E-state index contributed by atoms with van der Waals surface area (Å²) in [5.41, 5.74) is 0. The molecule has 0 amide bonds. The molecule has 0 heterocycles. The molecule has 0 aliphatic heterocycles. The van der Waals surface area contributed by atoms with Gasteiger partial charge in [-0.3, -0.25) is 4.99 Å². The van der Waals surface area contributed by atoms with E-state index in [-0.39, 0.29) is 24.0 Å². The summed E-state index contributed by atoms with van der Waals surface area (Å²) in [4.78, 5) is 4.23. The molecule has 118 valence electrons. The standard InChI is InChI=1S/C14H27N3O2.HI/c1-15-14(17-13-7-3-4-8-13)16-9-5-6-10-19-12-11-18-2;/h3-4,13H,5-12H2,1-2H3,(H2,15,16,17);1H. The highest BCUT2D eigenvalue weighted by Gasteiger charge is 2.10. The Labute approximate surface area is 139 Å². The number of ether oxygens (including phenoxy) is 2. The lowest BCUT2D eigenvalue weighted by molar-refractivity contribution is 0.0689. The Morgan fingerprint density at radius 3 is 2.60 bits per heavy atom. The summed E-state index contributed by atoms with van der Waals surface area (Å²) in [5, 5.41) is 6.74. The topological polar surface area (TPSA) is 54.9 Å². The van der Waals surface area contributed by atoms with E-state index in [0.29, 0.717) is 19.3 Å². The van der Waals surface area contributed by atoms with E-state index in [1.165, 1.54) is 0 Å². The molecule has 5 nitrogen and oxygen atoms in total. The molecule has 20 heavy (non-hydrogen) atoms. The normalized spacial score (nSPS) is 15.2. The first-order chi connectivity index (χ1) is 9.36. The fraction of sp³-hybridized carbons (Fsp3) is 0.786. The molecule has 0 atom stereocenters. The number of halogens is 1. The highest BCUT2D eigenvalue weighted by atomic mass is 127. The molecule has 0 saturated heterocycles. The van der Waals surface area contributed by atoms with Gasteiger partial charge in [-0.15, -0.1) is 24.0 Å². The highest BCUT2D eigenvalue weighted by molar-refractivity contribution is 14.0. The number of hydrogen-bond donors (Lipinski definition) is 2. The van der Waals surface area contributed by atoms with Crippen molar-refractivity contribution in [2.75, 3.05) is 40.5 Å². The van der Waals surface area contributed by atoms with Gasteiger partial charge in [-0.1, -0.05) is 12.2 Å². The summed E-state index contributed by atoms with van der Waals surface area (Å²) in [5.74, 6) is 0.897. The van der Waals surface area contributed by atoms with Crippen molar-refractivity contribution in [1.29, 1.82) is 0 Å². The van der Waals surface area contributed by atoms with Crippen molar-refractivity contribution in [3.05, 3.63) is 12.2 Å². The van der Waals surface area contributed by atoms with Crippen molar-refractivity contribution in [2.45, 2.75) is 31.7 Å². The molecule has 1 rings (SSSR count). The largest absolute Gasteiger partial charge is 0.382 e. The van der Waals surface area contributed by atoms with E-state index in [0.717, 1.165) is 44.8 Å². The molecule has 2 N–H and O–H groups in total. The van der Waals surface area contributed by atoms with E-state index >= 15 is 0 Å². The van der Waals surface area contributed by atoms with Crippen molar-refractivity contribution in [2.24, 2.45) is 4.99 Å². The third-order valence-electron chi connectivity index (χ3n) is 3.01. The fourth-order valence-electron chi connectivity index (χ4n) is 1.90. The molecule has 0 aromatic rings. The highest BCUT2D eigenvalue weighted by Crippen LogP contribution is 2.08. The van der Waals surface area contributed by atoms with Gasteiger partial charge in [0.25, 0.3) is 0 Å². The molecule has 1 aliphatic carbocycles. The minimum atomic E-state index is 0. The van der Waals surface area contributed by atoms with Crippen LogP contribution in [0.4, 0.5) is 0 Å². The lowest BCUT2D eigenvalue weighted by Gasteiger charge is -2.16. The molecule has 0 fully saturated rings. The third kappa shape index (κ3) is 9.55. The Morgan fingerprint density at radius 1 is 1.20 bits per heavy atom. The molecule has 0 bridgehead atoms. The van der Waals surface area contributed by atoms with Crippen LogP contribution < -0.4 is 10.6 Å². The van der Waals surface area contributed by atoms with Crippen molar-refractivity contribution in [3.8, 4) is 0 Å². The Morgan fingerprint density at radius 2 is 1.95 bits per heavy atom. The number of methoxy groups -OCH3 is 1. The van der Waals surface area contributed by atoms with Crippen LogP contribution in [0.25, 0.3) is 0 Å². The Bertz CT molecular complexity index is 278. The Balaban J connectivity index is 0.00000361. The van der Waals surface area contributed by atoms with Gasteiger partial charge in [0.2, 0.25) is 0 Å². The zero-order chi connectivity index (χ0) is 13.8. The predicted octanol–water partition coefficient (Wildman–Crippen LogP) is 1.93. The maximum atomic E-state index is 5.41. The van der Waals surface area contributed by atoms with E-state index < -0.39 is 0 Å². The van der Waals surface area contributed by atoms with Crippen molar-refractivity contribution in [3.63, 3.8) is 0 Å². The van der Waals surface area contributed by atoms with Crippen LogP contribution >= 0.6 is 24.0 Å². The van der Waals surface area contributed by atoms with Gasteiger partial charge >= 0.3 is 0 Å². The van der Waals surface area contributed by atoms with Crippen LogP contribution in [-0.2, 0) is 9.47 Å². The monoisotopic (exact) mass is 397 g/mol. The third-order valence-corrected chi connectivity index (χ3v) is 3.01. The molecule has 0 radical (unpaired) electrons. The van der Waals surface area contributed by atoms with Gasteiger partial charge in [0, 0.05) is 33.4 Å². The second-order valence-electron chi connectivity index (χ2n) is 4.60. The summed E-state index contributed by atoms with van der Waals surface area (Å²) in [7, 11) is 3.50. The Hall–Kier alpha value is -0.340. The van der Waals surface area contributed by atoms with Gasteiger partial charge in [-0.05, 0) is 25.7 Å². The molecular weight excluding hydrogens is 369 g/mol. The van der Waals surface area contributed by atoms with Crippen molar-refractivity contribution < 1.29 is 9.47 Å². The second-order valence-corrected chi connectivity index (χ2v) is 4.60. The van der Waals surface area contributed by atoms with E-state index in [1.807, 2.05) is 7.05 Å². The molecule has 6 heteroatoms. The van der Waals surface area contributed by atoms with E-state index in [9.17, 15) is 0 Å². The summed E-state index contributed by atoms with van der Waals surface area (Å²) in [6, 6.07) is 0.503. The van der Waals surface area contributed by atoms with E-state index in [4.69, 9.17) is 9.47 Å². The number of nitrogens with one attached hydrogen (secondary N) is 2. The predicted molar refractivity (Wildman–Crippen MR) is 94.0 cm³/mol. The summed E-state index contributed by atoms with van der Waals surface area (Å²) in [6.07, 6.45) is 8.74. The van der Waals surface area contributed by atoms with Crippen LogP contribution in [0.15, 0.2) is 17.1 Å². The Kier molecular flexibility index (Phi) is 13.4. The van der Waals surface area contributed by atoms with Crippen LogP contribution in [0, 0.1) is 0 Å². The molecule has 0 spiro atoms. The van der Waals surface area contributed by atoms with Gasteiger partial charge in [-0.25, -0.2) is 0 Å². The SMILES string of the molecule is CN=C(NCCCCOCCOC)NC1CC=CC1.I. The number of unbranched alkanes of at least 4 members (excludes halogenated alkanes) is 1. The molecule has 0 aromatic heterocycles. The minimum Gasteiger partial charge on any atom is -0.382 e. The minimum absolute atomic E-state index is 0. The summed E-state index contributed by atoms with van der Waals surface area (Å²) in [6.45, 7) is 3.07. The van der Waals surface area contributed by atoms with Gasteiger partial charge < -0.3 is 20.1 Å². The number of nitrogens with zero attached hydrogens (tertiary/aromatic N) is 1. The molecule has 1 aliphatic rings. The fourth-order valence-corrected chi connectivity index (χ4v) is 1.90. The molecule has 0 unspecified atom stereocenters. The lowest BCUT2D eigenvalue weighted by Crippen LogP contribution is -2.42. The maximum absolute atomic E-state index is 5.41.